The third-order valence-electron chi connectivity index (χ3n) is 5.76. The standard InChI is InChI=1S/C24H23N5O3S/c1-3-17(29-19-10-6-7-11-20(19)32-14-22(29)30)23(31)25-24-27-26-21(33-24)12-15-13-28(2)18-9-5-4-8-16(15)18/h4-11,13,17H,3,12,14H2,1-2H3,(H,25,27,31). The van der Waals surface area contributed by atoms with Gasteiger partial charge in [0.25, 0.3) is 5.91 Å². The van der Waals surface area contributed by atoms with Gasteiger partial charge in [-0.15, -0.1) is 10.2 Å². The van der Waals surface area contributed by atoms with Crippen molar-refractivity contribution >= 4 is 44.9 Å². The van der Waals surface area contributed by atoms with Crippen LogP contribution in [0.5, 0.6) is 5.75 Å². The Bertz CT molecular complexity index is 1340. The monoisotopic (exact) mass is 461 g/mol. The minimum absolute atomic E-state index is 0.0885. The van der Waals surface area contributed by atoms with E-state index in [9.17, 15) is 9.59 Å². The average Bonchev–Trinajstić information content (AvgIpc) is 3.40. The Labute approximate surface area is 194 Å². The molecule has 0 bridgehead atoms. The predicted octanol–water partition coefficient (Wildman–Crippen LogP) is 3.76. The second kappa shape index (κ2) is 8.67. The topological polar surface area (TPSA) is 89.4 Å². The Morgan fingerprint density at radius 1 is 1.18 bits per heavy atom. The first-order valence-corrected chi connectivity index (χ1v) is 11.6. The molecule has 0 aliphatic carbocycles. The van der Waals surface area contributed by atoms with Gasteiger partial charge in [-0.2, -0.15) is 0 Å². The van der Waals surface area contributed by atoms with Crippen LogP contribution < -0.4 is 15.0 Å². The molecule has 1 N–H and O–H groups in total. The Morgan fingerprint density at radius 2 is 1.97 bits per heavy atom. The molecule has 0 saturated heterocycles. The molecule has 0 saturated carbocycles. The molecule has 1 unspecified atom stereocenters. The quantitative estimate of drug-likeness (QED) is 0.472. The van der Waals surface area contributed by atoms with Crippen molar-refractivity contribution in [2.45, 2.75) is 25.8 Å². The van der Waals surface area contributed by atoms with Crippen LogP contribution >= 0.6 is 11.3 Å². The fraction of sp³-hybridized carbons (Fsp3) is 0.250. The summed E-state index contributed by atoms with van der Waals surface area (Å²) in [4.78, 5) is 27.3. The molecular formula is C24H23N5O3S. The predicted molar refractivity (Wildman–Crippen MR) is 128 cm³/mol. The first-order valence-electron chi connectivity index (χ1n) is 10.7. The van der Waals surface area contributed by atoms with E-state index in [-0.39, 0.29) is 18.4 Å². The number of amides is 2. The number of benzene rings is 2. The summed E-state index contributed by atoms with van der Waals surface area (Å²) in [5.41, 5.74) is 2.92. The van der Waals surface area contributed by atoms with Crippen molar-refractivity contribution in [3.8, 4) is 5.75 Å². The number of carbonyl (C=O) groups is 2. The highest BCUT2D eigenvalue weighted by atomic mass is 32.1. The largest absolute Gasteiger partial charge is 0.482 e. The van der Waals surface area contributed by atoms with Crippen molar-refractivity contribution in [2.24, 2.45) is 7.05 Å². The van der Waals surface area contributed by atoms with Gasteiger partial charge >= 0.3 is 0 Å². The number of anilines is 2. The smallest absolute Gasteiger partial charge is 0.265 e. The van der Waals surface area contributed by atoms with Crippen LogP contribution in [-0.2, 0) is 23.1 Å². The average molecular weight is 462 g/mol. The summed E-state index contributed by atoms with van der Waals surface area (Å²) in [5.74, 6) is 0.0525. The van der Waals surface area contributed by atoms with Gasteiger partial charge in [-0.05, 0) is 30.2 Å². The second-order valence-electron chi connectivity index (χ2n) is 7.89. The van der Waals surface area contributed by atoms with Crippen molar-refractivity contribution in [3.63, 3.8) is 0 Å². The maximum Gasteiger partial charge on any atom is 0.265 e. The van der Waals surface area contributed by atoms with Gasteiger partial charge in [0, 0.05) is 30.6 Å². The zero-order valence-corrected chi connectivity index (χ0v) is 19.1. The minimum atomic E-state index is -0.673. The number of hydrogen-bond donors (Lipinski definition) is 1. The van der Waals surface area contributed by atoms with Crippen LogP contribution in [-0.4, -0.2) is 39.2 Å². The van der Waals surface area contributed by atoms with Gasteiger partial charge < -0.3 is 9.30 Å². The molecule has 33 heavy (non-hydrogen) atoms. The zero-order chi connectivity index (χ0) is 22.9. The number of fused-ring (bicyclic) bond motifs is 2. The molecule has 4 aromatic rings. The SMILES string of the molecule is CCC(C(=O)Nc1nnc(Cc2cn(C)c3ccccc23)s1)N1C(=O)COc2ccccc21. The van der Waals surface area contributed by atoms with Crippen molar-refractivity contribution < 1.29 is 14.3 Å². The van der Waals surface area contributed by atoms with Gasteiger partial charge in [-0.1, -0.05) is 48.6 Å². The lowest BCUT2D eigenvalue weighted by molar-refractivity contribution is -0.125. The Hall–Kier alpha value is -3.72. The minimum Gasteiger partial charge on any atom is -0.482 e. The molecule has 0 fully saturated rings. The van der Waals surface area contributed by atoms with E-state index in [1.165, 1.54) is 21.6 Å². The fourth-order valence-electron chi connectivity index (χ4n) is 4.24. The van der Waals surface area contributed by atoms with Crippen LogP contribution in [0.25, 0.3) is 10.9 Å². The first kappa shape index (κ1) is 21.1. The van der Waals surface area contributed by atoms with E-state index in [0.717, 1.165) is 16.1 Å². The van der Waals surface area contributed by atoms with E-state index in [1.807, 2.05) is 38.2 Å². The van der Waals surface area contributed by atoms with E-state index in [1.54, 1.807) is 12.1 Å². The molecule has 2 aromatic heterocycles. The van der Waals surface area contributed by atoms with Crippen LogP contribution in [0.15, 0.2) is 54.7 Å². The number of para-hydroxylation sites is 3. The van der Waals surface area contributed by atoms with Crippen molar-refractivity contribution in [1.29, 1.82) is 0 Å². The molecule has 0 radical (unpaired) electrons. The third-order valence-corrected chi connectivity index (χ3v) is 6.60. The van der Waals surface area contributed by atoms with Gasteiger partial charge in [0.2, 0.25) is 11.0 Å². The van der Waals surface area contributed by atoms with E-state index < -0.39 is 6.04 Å². The number of aromatic nitrogens is 3. The number of rotatable bonds is 6. The highest BCUT2D eigenvalue weighted by molar-refractivity contribution is 7.15. The maximum absolute atomic E-state index is 13.1. The van der Waals surface area contributed by atoms with E-state index in [2.05, 4.69) is 38.4 Å². The molecular weight excluding hydrogens is 438 g/mol. The molecule has 0 spiro atoms. The van der Waals surface area contributed by atoms with Crippen molar-refractivity contribution in [1.82, 2.24) is 14.8 Å². The molecule has 2 amide bonds. The molecule has 3 heterocycles. The van der Waals surface area contributed by atoms with Crippen LogP contribution in [0.1, 0.15) is 23.9 Å². The highest BCUT2D eigenvalue weighted by Gasteiger charge is 2.35. The first-order chi connectivity index (χ1) is 16.0. The number of nitrogens with zero attached hydrogens (tertiary/aromatic N) is 4. The Balaban J connectivity index is 1.34. The Morgan fingerprint density at radius 3 is 2.82 bits per heavy atom. The van der Waals surface area contributed by atoms with Gasteiger partial charge in [0.15, 0.2) is 6.61 Å². The summed E-state index contributed by atoms with van der Waals surface area (Å²) in [5, 5.41) is 13.7. The third kappa shape index (κ3) is 3.95. The van der Waals surface area contributed by atoms with Crippen LogP contribution in [0.4, 0.5) is 10.8 Å². The van der Waals surface area contributed by atoms with E-state index in [4.69, 9.17) is 4.74 Å². The van der Waals surface area contributed by atoms with E-state index >= 15 is 0 Å². The summed E-state index contributed by atoms with van der Waals surface area (Å²) in [6.07, 6.45) is 3.17. The Kier molecular flexibility index (Phi) is 5.55. The van der Waals surface area contributed by atoms with Crippen molar-refractivity contribution in [3.05, 3.63) is 65.3 Å². The van der Waals surface area contributed by atoms with Crippen LogP contribution in [0, 0.1) is 0 Å². The number of aryl methyl sites for hydroxylation is 1. The van der Waals surface area contributed by atoms with Crippen molar-refractivity contribution in [2.75, 3.05) is 16.8 Å². The summed E-state index contributed by atoms with van der Waals surface area (Å²) in [7, 11) is 2.02. The summed E-state index contributed by atoms with van der Waals surface area (Å²) in [6, 6.07) is 14.8. The van der Waals surface area contributed by atoms with Crippen LogP contribution in [0.3, 0.4) is 0 Å². The summed E-state index contributed by atoms with van der Waals surface area (Å²) >= 11 is 1.34. The molecule has 1 aliphatic rings. The zero-order valence-electron chi connectivity index (χ0n) is 18.3. The lowest BCUT2D eigenvalue weighted by Gasteiger charge is -2.34. The van der Waals surface area contributed by atoms with Gasteiger partial charge in [-0.25, -0.2) is 0 Å². The summed E-state index contributed by atoms with van der Waals surface area (Å²) < 4.78 is 7.60. The van der Waals surface area contributed by atoms with E-state index in [0.29, 0.717) is 29.4 Å². The molecule has 2 aromatic carbocycles. The second-order valence-corrected chi connectivity index (χ2v) is 8.96. The summed E-state index contributed by atoms with van der Waals surface area (Å²) in [6.45, 7) is 1.79. The van der Waals surface area contributed by atoms with Gasteiger partial charge in [0.1, 0.15) is 16.8 Å². The number of hydrogen-bond acceptors (Lipinski definition) is 6. The highest BCUT2D eigenvalue weighted by Crippen LogP contribution is 2.34. The molecule has 1 atom stereocenters. The lowest BCUT2D eigenvalue weighted by atomic mass is 10.1. The maximum atomic E-state index is 13.1. The fourth-order valence-corrected chi connectivity index (χ4v) is 5.01. The van der Waals surface area contributed by atoms with Gasteiger partial charge in [-0.3, -0.25) is 19.8 Å². The number of carbonyl (C=O) groups excluding carboxylic acids is 2. The molecule has 8 nitrogen and oxygen atoms in total. The molecule has 5 rings (SSSR count). The normalized spacial score (nSPS) is 14.1. The number of nitrogens with one attached hydrogen (secondary N) is 1. The van der Waals surface area contributed by atoms with Crippen LogP contribution in [0.2, 0.25) is 0 Å². The molecule has 1 aliphatic heterocycles. The lowest BCUT2D eigenvalue weighted by Crippen LogP contribution is -2.51. The number of ether oxygens (including phenoxy) is 1. The van der Waals surface area contributed by atoms with Gasteiger partial charge in [0.05, 0.1) is 5.69 Å². The molecule has 168 valence electrons. The molecule has 9 heteroatoms.